The van der Waals surface area contributed by atoms with Crippen molar-refractivity contribution < 1.29 is 4.79 Å². The summed E-state index contributed by atoms with van der Waals surface area (Å²) in [6, 6.07) is 11.6. The highest BCUT2D eigenvalue weighted by atomic mass is 127. The topological polar surface area (TPSA) is 78.4 Å². The Hall–Kier alpha value is -1.87. The molecule has 0 radical (unpaired) electrons. The zero-order chi connectivity index (χ0) is 18.4. The Morgan fingerprint density at radius 1 is 1.30 bits per heavy atom. The first kappa shape index (κ1) is 21.4. The van der Waals surface area contributed by atoms with Gasteiger partial charge in [-0.2, -0.15) is 0 Å². The third-order valence-electron chi connectivity index (χ3n) is 4.18. The molecule has 2 heterocycles. The van der Waals surface area contributed by atoms with Gasteiger partial charge in [0.1, 0.15) is 5.15 Å². The molecule has 1 atom stereocenters. The zero-order valence-electron chi connectivity index (χ0n) is 15.0. The summed E-state index contributed by atoms with van der Waals surface area (Å²) in [5.74, 6) is 0.872. The number of carbonyl (C=O) groups is 1. The Bertz CT molecular complexity index is 797. The number of anilines is 1. The number of pyridine rings is 1. The van der Waals surface area contributed by atoms with Gasteiger partial charge < -0.3 is 16.0 Å². The van der Waals surface area contributed by atoms with Crippen LogP contribution >= 0.6 is 35.6 Å². The molecule has 1 amide bonds. The van der Waals surface area contributed by atoms with Crippen LogP contribution < -0.4 is 16.0 Å². The lowest BCUT2D eigenvalue weighted by Gasteiger charge is -2.26. The quantitative estimate of drug-likeness (QED) is 0.255. The fourth-order valence-corrected chi connectivity index (χ4v) is 3.03. The number of fused-ring (bicyclic) bond motifs is 1. The molecule has 0 aliphatic carbocycles. The Balaban J connectivity index is 0.00000261. The van der Waals surface area contributed by atoms with E-state index in [1.165, 1.54) is 0 Å². The van der Waals surface area contributed by atoms with Gasteiger partial charge >= 0.3 is 0 Å². The van der Waals surface area contributed by atoms with Crippen molar-refractivity contribution in [3.63, 3.8) is 0 Å². The third kappa shape index (κ3) is 6.07. The van der Waals surface area contributed by atoms with E-state index in [0.29, 0.717) is 30.6 Å². The molecule has 2 aromatic rings. The molecule has 0 bridgehead atoms. The molecule has 8 heteroatoms. The summed E-state index contributed by atoms with van der Waals surface area (Å²) < 4.78 is 0. The molecule has 0 spiro atoms. The minimum Gasteiger partial charge on any atom is -0.357 e. The van der Waals surface area contributed by atoms with Crippen LogP contribution in [0.25, 0.3) is 0 Å². The van der Waals surface area contributed by atoms with E-state index < -0.39 is 0 Å². The molecule has 3 N–H and O–H groups in total. The number of amides is 1. The van der Waals surface area contributed by atoms with Gasteiger partial charge in [0.2, 0.25) is 5.91 Å². The average Bonchev–Trinajstić information content (AvgIpc) is 2.65. The number of aliphatic imine (C=N–C) groups is 1. The second-order valence-corrected chi connectivity index (χ2v) is 6.49. The molecule has 0 saturated heterocycles. The number of para-hydroxylation sites is 1. The number of nitrogens with zero attached hydrogens (tertiary/aromatic N) is 2. The fraction of sp³-hybridized carbons (Fsp3) is 0.316. The highest BCUT2D eigenvalue weighted by Crippen LogP contribution is 2.31. The van der Waals surface area contributed by atoms with Crippen molar-refractivity contribution in [1.82, 2.24) is 15.6 Å². The van der Waals surface area contributed by atoms with Crippen molar-refractivity contribution in [2.24, 2.45) is 4.99 Å². The molecule has 1 aliphatic rings. The van der Waals surface area contributed by atoms with Gasteiger partial charge in [0.15, 0.2) is 5.96 Å². The van der Waals surface area contributed by atoms with Gasteiger partial charge in [0, 0.05) is 37.3 Å². The molecule has 0 fully saturated rings. The first-order valence-electron chi connectivity index (χ1n) is 8.67. The van der Waals surface area contributed by atoms with Gasteiger partial charge in [-0.25, -0.2) is 9.98 Å². The summed E-state index contributed by atoms with van der Waals surface area (Å²) >= 11 is 5.81. The number of rotatable bonds is 5. The van der Waals surface area contributed by atoms with Crippen molar-refractivity contribution in [2.75, 3.05) is 18.4 Å². The van der Waals surface area contributed by atoms with E-state index in [4.69, 9.17) is 11.6 Å². The van der Waals surface area contributed by atoms with Crippen LogP contribution in [0, 0.1) is 0 Å². The lowest BCUT2D eigenvalue weighted by molar-refractivity contribution is -0.116. The van der Waals surface area contributed by atoms with Crippen LogP contribution in [0.15, 0.2) is 47.6 Å². The summed E-state index contributed by atoms with van der Waals surface area (Å²) in [6.07, 6.45) is 2.18. The van der Waals surface area contributed by atoms with E-state index in [2.05, 4.69) is 32.0 Å². The average molecular weight is 500 g/mol. The van der Waals surface area contributed by atoms with Crippen LogP contribution in [0.2, 0.25) is 5.15 Å². The number of benzene rings is 1. The predicted molar refractivity (Wildman–Crippen MR) is 120 cm³/mol. The normalized spacial score (nSPS) is 16.0. The number of nitrogens with one attached hydrogen (secondary N) is 3. The highest BCUT2D eigenvalue weighted by Gasteiger charge is 2.24. The van der Waals surface area contributed by atoms with Crippen LogP contribution in [0.4, 0.5) is 5.69 Å². The number of halogens is 2. The number of carbonyl (C=O) groups excluding carboxylic acids is 1. The SMILES string of the molecule is CCNC(=NCc1ccc(Cl)nc1)NCC1CC(=O)Nc2ccccc21.I. The molecule has 3 rings (SSSR count). The molecule has 6 nitrogen and oxygen atoms in total. The molecular weight excluding hydrogens is 477 g/mol. The summed E-state index contributed by atoms with van der Waals surface area (Å²) in [5.41, 5.74) is 3.02. The van der Waals surface area contributed by atoms with Gasteiger partial charge in [-0.05, 0) is 30.2 Å². The standard InChI is InChI=1S/C19H22ClN5O.HI/c1-2-21-19(23-11-13-7-8-17(20)22-10-13)24-12-14-9-18(26)25-16-6-4-3-5-15(14)16;/h3-8,10,14H,2,9,11-12H2,1H3,(H,25,26)(H2,21,23,24);1H. The van der Waals surface area contributed by atoms with Crippen molar-refractivity contribution in [3.8, 4) is 0 Å². The molecule has 1 unspecified atom stereocenters. The van der Waals surface area contributed by atoms with E-state index in [0.717, 1.165) is 23.4 Å². The lowest BCUT2D eigenvalue weighted by Crippen LogP contribution is -2.40. The van der Waals surface area contributed by atoms with Gasteiger partial charge in [0.05, 0.1) is 6.54 Å². The molecule has 1 aliphatic heterocycles. The fourth-order valence-electron chi connectivity index (χ4n) is 2.92. The molecular formula is C19H23ClIN5O. The smallest absolute Gasteiger partial charge is 0.225 e. The Morgan fingerprint density at radius 2 is 2.11 bits per heavy atom. The highest BCUT2D eigenvalue weighted by molar-refractivity contribution is 14.0. The number of aromatic nitrogens is 1. The minimum atomic E-state index is 0. The zero-order valence-corrected chi connectivity index (χ0v) is 18.1. The van der Waals surface area contributed by atoms with E-state index >= 15 is 0 Å². The molecule has 144 valence electrons. The van der Waals surface area contributed by atoms with Crippen molar-refractivity contribution in [2.45, 2.75) is 25.8 Å². The van der Waals surface area contributed by atoms with Crippen molar-refractivity contribution in [3.05, 3.63) is 58.9 Å². The van der Waals surface area contributed by atoms with Crippen LogP contribution in [0.1, 0.15) is 30.4 Å². The van der Waals surface area contributed by atoms with Crippen LogP contribution in [-0.4, -0.2) is 29.9 Å². The Morgan fingerprint density at radius 3 is 2.85 bits per heavy atom. The Kier molecular flexibility index (Phi) is 8.30. The summed E-state index contributed by atoms with van der Waals surface area (Å²) in [7, 11) is 0. The van der Waals surface area contributed by atoms with Gasteiger partial charge in [-0.15, -0.1) is 24.0 Å². The third-order valence-corrected chi connectivity index (χ3v) is 4.40. The summed E-state index contributed by atoms with van der Waals surface area (Å²) in [6.45, 7) is 3.91. The van der Waals surface area contributed by atoms with Gasteiger partial charge in [-0.1, -0.05) is 35.9 Å². The number of hydrogen-bond acceptors (Lipinski definition) is 3. The second-order valence-electron chi connectivity index (χ2n) is 6.10. The molecule has 1 aromatic heterocycles. The number of hydrogen-bond donors (Lipinski definition) is 3. The van der Waals surface area contributed by atoms with Crippen LogP contribution in [0.3, 0.4) is 0 Å². The van der Waals surface area contributed by atoms with Gasteiger partial charge in [0.25, 0.3) is 0 Å². The number of guanidine groups is 1. The van der Waals surface area contributed by atoms with Crippen LogP contribution in [0.5, 0.6) is 0 Å². The van der Waals surface area contributed by atoms with Gasteiger partial charge in [-0.3, -0.25) is 4.79 Å². The van der Waals surface area contributed by atoms with Crippen LogP contribution in [-0.2, 0) is 11.3 Å². The van der Waals surface area contributed by atoms with E-state index in [1.807, 2.05) is 31.2 Å². The molecule has 1 aromatic carbocycles. The predicted octanol–water partition coefficient (Wildman–Crippen LogP) is 3.53. The Labute approximate surface area is 181 Å². The summed E-state index contributed by atoms with van der Waals surface area (Å²) in [5, 5.41) is 9.97. The van der Waals surface area contributed by atoms with E-state index in [9.17, 15) is 4.79 Å². The molecule has 0 saturated carbocycles. The first-order chi connectivity index (χ1) is 12.7. The minimum absolute atomic E-state index is 0. The maximum absolute atomic E-state index is 11.9. The first-order valence-corrected chi connectivity index (χ1v) is 9.05. The van der Waals surface area contributed by atoms with E-state index in [-0.39, 0.29) is 35.8 Å². The maximum atomic E-state index is 11.9. The van der Waals surface area contributed by atoms with Crippen molar-refractivity contribution in [1.29, 1.82) is 0 Å². The second kappa shape index (κ2) is 10.5. The van der Waals surface area contributed by atoms with E-state index in [1.54, 1.807) is 12.3 Å². The maximum Gasteiger partial charge on any atom is 0.225 e. The lowest BCUT2D eigenvalue weighted by atomic mass is 9.90. The largest absolute Gasteiger partial charge is 0.357 e. The monoisotopic (exact) mass is 499 g/mol. The summed E-state index contributed by atoms with van der Waals surface area (Å²) in [4.78, 5) is 20.6. The van der Waals surface area contributed by atoms with Crippen molar-refractivity contribution >= 4 is 53.1 Å². The molecule has 27 heavy (non-hydrogen) atoms.